The van der Waals surface area contributed by atoms with E-state index in [-0.39, 0.29) is 0 Å². The lowest BCUT2D eigenvalue weighted by Crippen LogP contribution is -1.95. The van der Waals surface area contributed by atoms with Gasteiger partial charge in [-0.15, -0.1) is 0 Å². The minimum absolute atomic E-state index is 0.530. The molecule has 0 atom stereocenters. The Morgan fingerprint density at radius 3 is 2.53 bits per heavy atom. The first-order valence-corrected chi connectivity index (χ1v) is 5.51. The van der Waals surface area contributed by atoms with Gasteiger partial charge in [0, 0.05) is 22.8 Å². The molecule has 78 valence electrons. The van der Waals surface area contributed by atoms with Crippen molar-refractivity contribution in [2.45, 2.75) is 13.5 Å². The number of halogens is 1. The van der Waals surface area contributed by atoms with Gasteiger partial charge in [0.25, 0.3) is 0 Å². The summed E-state index contributed by atoms with van der Waals surface area (Å²) in [6.07, 6.45) is 1.97. The molecule has 15 heavy (non-hydrogen) atoms. The van der Waals surface area contributed by atoms with Crippen LogP contribution in [-0.4, -0.2) is 9.78 Å². The van der Waals surface area contributed by atoms with Crippen molar-refractivity contribution in [2.24, 2.45) is 5.73 Å². The first kappa shape index (κ1) is 10.4. The van der Waals surface area contributed by atoms with Gasteiger partial charge in [-0.05, 0) is 31.2 Å². The van der Waals surface area contributed by atoms with Gasteiger partial charge in [-0.3, -0.25) is 0 Å². The fourth-order valence-corrected chi connectivity index (χ4v) is 1.69. The van der Waals surface area contributed by atoms with E-state index < -0.39 is 0 Å². The number of hydrogen-bond donors (Lipinski definition) is 1. The highest BCUT2D eigenvalue weighted by Crippen LogP contribution is 2.15. The smallest absolute Gasteiger partial charge is 0.0646 e. The van der Waals surface area contributed by atoms with Gasteiger partial charge >= 0.3 is 0 Å². The van der Waals surface area contributed by atoms with E-state index in [1.54, 1.807) is 0 Å². The van der Waals surface area contributed by atoms with Crippen LogP contribution in [0.4, 0.5) is 0 Å². The van der Waals surface area contributed by atoms with E-state index in [4.69, 9.17) is 5.73 Å². The number of benzene rings is 1. The third kappa shape index (κ3) is 2.11. The zero-order valence-corrected chi connectivity index (χ0v) is 10.0. The normalized spacial score (nSPS) is 10.6. The number of hydrogen-bond acceptors (Lipinski definition) is 2. The Kier molecular flexibility index (Phi) is 2.88. The van der Waals surface area contributed by atoms with Gasteiger partial charge in [-0.25, -0.2) is 4.68 Å². The van der Waals surface area contributed by atoms with E-state index in [1.807, 2.05) is 42.1 Å². The van der Waals surface area contributed by atoms with Gasteiger partial charge in [0.15, 0.2) is 0 Å². The molecule has 3 nitrogen and oxygen atoms in total. The Labute approximate surface area is 97.0 Å². The van der Waals surface area contributed by atoms with Gasteiger partial charge < -0.3 is 5.73 Å². The van der Waals surface area contributed by atoms with Crippen LogP contribution in [0.3, 0.4) is 0 Å². The van der Waals surface area contributed by atoms with Gasteiger partial charge in [0.05, 0.1) is 11.4 Å². The molecule has 2 aromatic rings. The molecular formula is C11H12BrN3. The lowest BCUT2D eigenvalue weighted by Gasteiger charge is -2.00. The van der Waals surface area contributed by atoms with Gasteiger partial charge in [0.1, 0.15) is 0 Å². The summed E-state index contributed by atoms with van der Waals surface area (Å²) in [5.74, 6) is 0. The van der Waals surface area contributed by atoms with Crippen molar-refractivity contribution in [3.8, 4) is 5.69 Å². The molecule has 0 bridgehead atoms. The van der Waals surface area contributed by atoms with Crippen LogP contribution in [0, 0.1) is 6.92 Å². The molecule has 2 N–H and O–H groups in total. The Morgan fingerprint density at radius 1 is 1.33 bits per heavy atom. The largest absolute Gasteiger partial charge is 0.326 e. The van der Waals surface area contributed by atoms with Crippen LogP contribution in [0.5, 0.6) is 0 Å². The quantitative estimate of drug-likeness (QED) is 0.907. The second kappa shape index (κ2) is 4.16. The summed E-state index contributed by atoms with van der Waals surface area (Å²) in [6.45, 7) is 2.50. The molecule has 0 saturated heterocycles. The molecule has 0 spiro atoms. The van der Waals surface area contributed by atoms with Crippen LogP contribution in [0.1, 0.15) is 11.3 Å². The molecule has 1 aromatic heterocycles. The van der Waals surface area contributed by atoms with Gasteiger partial charge in [0.2, 0.25) is 0 Å². The summed E-state index contributed by atoms with van der Waals surface area (Å²) in [5, 5.41) is 4.40. The van der Waals surface area contributed by atoms with E-state index in [0.29, 0.717) is 6.54 Å². The molecule has 0 unspecified atom stereocenters. The van der Waals surface area contributed by atoms with Crippen LogP contribution < -0.4 is 5.73 Å². The summed E-state index contributed by atoms with van der Waals surface area (Å²) < 4.78 is 2.92. The maximum atomic E-state index is 5.61. The predicted octanol–water partition coefficient (Wildman–Crippen LogP) is 2.40. The van der Waals surface area contributed by atoms with Gasteiger partial charge in [-0.1, -0.05) is 15.9 Å². The molecule has 0 aliphatic heterocycles. The summed E-state index contributed by atoms with van der Waals surface area (Å²) >= 11 is 3.40. The van der Waals surface area contributed by atoms with Crippen molar-refractivity contribution in [1.82, 2.24) is 9.78 Å². The third-order valence-corrected chi connectivity index (χ3v) is 2.84. The van der Waals surface area contributed by atoms with Gasteiger partial charge in [-0.2, -0.15) is 5.10 Å². The lowest BCUT2D eigenvalue weighted by atomic mass is 10.3. The van der Waals surface area contributed by atoms with Crippen LogP contribution in [0.25, 0.3) is 5.69 Å². The Hall–Kier alpha value is -1.13. The lowest BCUT2D eigenvalue weighted by molar-refractivity contribution is 0.862. The molecule has 0 fully saturated rings. The second-order valence-electron chi connectivity index (χ2n) is 3.36. The molecule has 2 rings (SSSR count). The standard InChI is InChI=1S/C11H12BrN3/c1-8-9(6-13)7-15(14-8)11-4-2-10(12)3-5-11/h2-5,7H,6,13H2,1H3. The molecule has 0 saturated carbocycles. The zero-order chi connectivity index (χ0) is 10.8. The molecule has 0 radical (unpaired) electrons. The molecule has 1 aromatic carbocycles. The van der Waals surface area contributed by atoms with E-state index in [1.165, 1.54) is 0 Å². The minimum Gasteiger partial charge on any atom is -0.326 e. The average Bonchev–Trinajstić information content (AvgIpc) is 2.61. The van der Waals surface area contributed by atoms with Crippen LogP contribution in [0.15, 0.2) is 34.9 Å². The number of nitrogens with two attached hydrogens (primary N) is 1. The summed E-state index contributed by atoms with van der Waals surface area (Å²) in [5.41, 5.74) is 8.72. The van der Waals surface area contributed by atoms with Crippen molar-refractivity contribution in [2.75, 3.05) is 0 Å². The summed E-state index contributed by atoms with van der Waals surface area (Å²) in [6, 6.07) is 8.01. The van der Waals surface area contributed by atoms with E-state index in [9.17, 15) is 0 Å². The van der Waals surface area contributed by atoms with Crippen molar-refractivity contribution in [3.63, 3.8) is 0 Å². The number of aromatic nitrogens is 2. The van der Waals surface area contributed by atoms with E-state index >= 15 is 0 Å². The maximum absolute atomic E-state index is 5.61. The molecule has 0 amide bonds. The van der Waals surface area contributed by atoms with Crippen molar-refractivity contribution < 1.29 is 0 Å². The number of nitrogens with zero attached hydrogens (tertiary/aromatic N) is 2. The first-order chi connectivity index (χ1) is 7.20. The fourth-order valence-electron chi connectivity index (χ4n) is 1.42. The summed E-state index contributed by atoms with van der Waals surface area (Å²) in [7, 11) is 0. The predicted molar refractivity (Wildman–Crippen MR) is 63.9 cm³/mol. The van der Waals surface area contributed by atoms with Crippen molar-refractivity contribution in [3.05, 3.63) is 46.2 Å². The minimum atomic E-state index is 0.530. The van der Waals surface area contributed by atoms with Crippen LogP contribution >= 0.6 is 15.9 Å². The monoisotopic (exact) mass is 265 g/mol. The molecule has 4 heteroatoms. The number of aryl methyl sites for hydroxylation is 1. The third-order valence-electron chi connectivity index (χ3n) is 2.31. The van der Waals surface area contributed by atoms with Crippen molar-refractivity contribution in [1.29, 1.82) is 0 Å². The van der Waals surface area contributed by atoms with Crippen LogP contribution in [0.2, 0.25) is 0 Å². The molecular weight excluding hydrogens is 254 g/mol. The highest BCUT2D eigenvalue weighted by molar-refractivity contribution is 9.10. The first-order valence-electron chi connectivity index (χ1n) is 4.72. The molecule has 0 aliphatic carbocycles. The average molecular weight is 266 g/mol. The Morgan fingerprint density at radius 2 is 2.00 bits per heavy atom. The van der Waals surface area contributed by atoms with Crippen LogP contribution in [-0.2, 0) is 6.54 Å². The second-order valence-corrected chi connectivity index (χ2v) is 4.28. The number of rotatable bonds is 2. The fraction of sp³-hybridized carbons (Fsp3) is 0.182. The Bertz CT molecular complexity index is 459. The van der Waals surface area contributed by atoms with E-state index in [2.05, 4.69) is 21.0 Å². The highest BCUT2D eigenvalue weighted by atomic mass is 79.9. The zero-order valence-electron chi connectivity index (χ0n) is 8.44. The topological polar surface area (TPSA) is 43.8 Å². The van der Waals surface area contributed by atoms with Crippen molar-refractivity contribution >= 4 is 15.9 Å². The highest BCUT2D eigenvalue weighted by Gasteiger charge is 2.04. The maximum Gasteiger partial charge on any atom is 0.0646 e. The molecule has 0 aliphatic rings. The SMILES string of the molecule is Cc1nn(-c2ccc(Br)cc2)cc1CN. The summed E-state index contributed by atoms with van der Waals surface area (Å²) in [4.78, 5) is 0. The van der Waals surface area contributed by atoms with E-state index in [0.717, 1.165) is 21.4 Å². The Balaban J connectivity index is 2.41. The molecule has 1 heterocycles.